The molecule has 0 spiro atoms. The minimum absolute atomic E-state index is 0.202. The number of H-pyrrole nitrogens is 1. The predicted octanol–water partition coefficient (Wildman–Crippen LogP) is 3.05. The van der Waals surface area contributed by atoms with Gasteiger partial charge in [0.1, 0.15) is 5.56 Å². The van der Waals surface area contributed by atoms with Crippen molar-refractivity contribution in [1.29, 1.82) is 0 Å². The normalized spacial score (nSPS) is 10.3. The number of aromatic nitrogens is 1. The molecule has 0 saturated carbocycles. The van der Waals surface area contributed by atoms with E-state index in [0.29, 0.717) is 10.6 Å². The maximum atomic E-state index is 11.5. The molecular formula is C12H7Cl2NO3. The van der Waals surface area contributed by atoms with E-state index < -0.39 is 11.4 Å². The van der Waals surface area contributed by atoms with Crippen LogP contribution in [0.15, 0.2) is 35.3 Å². The van der Waals surface area contributed by atoms with Gasteiger partial charge >= 0.3 is 5.97 Å². The lowest BCUT2D eigenvalue weighted by atomic mass is 10.1. The van der Waals surface area contributed by atoms with Crippen molar-refractivity contribution in [2.24, 2.45) is 0 Å². The minimum atomic E-state index is -1.29. The highest BCUT2D eigenvalue weighted by Gasteiger charge is 2.16. The SMILES string of the molecule is O=C(O)c1c(-c2ccc(Cl)c(Cl)c2)[nH]ccc1=O. The van der Waals surface area contributed by atoms with E-state index in [1.54, 1.807) is 6.07 Å². The third-order valence-electron chi connectivity index (χ3n) is 2.38. The average Bonchev–Trinajstić information content (AvgIpc) is 2.32. The summed E-state index contributed by atoms with van der Waals surface area (Å²) in [4.78, 5) is 25.4. The molecule has 92 valence electrons. The molecule has 0 amide bonds. The molecule has 0 saturated heterocycles. The molecule has 0 atom stereocenters. The molecule has 18 heavy (non-hydrogen) atoms. The fourth-order valence-corrected chi connectivity index (χ4v) is 1.87. The van der Waals surface area contributed by atoms with E-state index in [0.717, 1.165) is 6.07 Å². The summed E-state index contributed by atoms with van der Waals surface area (Å²) in [6, 6.07) is 5.79. The number of hydrogen-bond donors (Lipinski definition) is 2. The van der Waals surface area contributed by atoms with E-state index in [2.05, 4.69) is 4.98 Å². The summed E-state index contributed by atoms with van der Waals surface area (Å²) in [5.41, 5.74) is -0.203. The van der Waals surface area contributed by atoms with Crippen LogP contribution in [-0.4, -0.2) is 16.1 Å². The zero-order valence-electron chi connectivity index (χ0n) is 8.91. The number of carboxylic acid groups (broad SMARTS) is 1. The maximum absolute atomic E-state index is 11.5. The Morgan fingerprint density at radius 2 is 1.89 bits per heavy atom. The Hall–Kier alpha value is -1.78. The summed E-state index contributed by atoms with van der Waals surface area (Å²) in [5.74, 6) is -1.29. The van der Waals surface area contributed by atoms with Crippen molar-refractivity contribution >= 4 is 29.2 Å². The number of benzene rings is 1. The fourth-order valence-electron chi connectivity index (χ4n) is 1.57. The molecule has 1 heterocycles. The monoisotopic (exact) mass is 283 g/mol. The third-order valence-corrected chi connectivity index (χ3v) is 3.12. The van der Waals surface area contributed by atoms with Gasteiger partial charge in [0.15, 0.2) is 5.43 Å². The highest BCUT2D eigenvalue weighted by Crippen LogP contribution is 2.28. The van der Waals surface area contributed by atoms with Crippen LogP contribution >= 0.6 is 23.2 Å². The Morgan fingerprint density at radius 1 is 1.17 bits per heavy atom. The predicted molar refractivity (Wildman–Crippen MR) is 69.5 cm³/mol. The van der Waals surface area contributed by atoms with E-state index in [4.69, 9.17) is 28.3 Å². The second kappa shape index (κ2) is 4.84. The van der Waals surface area contributed by atoms with E-state index in [9.17, 15) is 9.59 Å². The Morgan fingerprint density at radius 3 is 2.50 bits per heavy atom. The smallest absolute Gasteiger partial charge is 0.341 e. The van der Waals surface area contributed by atoms with E-state index in [1.165, 1.54) is 18.3 Å². The molecule has 0 aliphatic carbocycles. The van der Waals surface area contributed by atoms with Gasteiger partial charge in [0.05, 0.1) is 15.7 Å². The molecule has 0 fully saturated rings. The first-order chi connectivity index (χ1) is 8.50. The molecule has 2 N–H and O–H groups in total. The molecule has 0 aliphatic rings. The van der Waals surface area contributed by atoms with Gasteiger partial charge in [-0.2, -0.15) is 0 Å². The third kappa shape index (κ3) is 2.25. The number of nitrogens with one attached hydrogen (secondary N) is 1. The quantitative estimate of drug-likeness (QED) is 0.890. The lowest BCUT2D eigenvalue weighted by Gasteiger charge is -2.06. The Labute approximate surface area is 112 Å². The summed E-state index contributed by atoms with van der Waals surface area (Å²) in [6.07, 6.45) is 1.38. The van der Waals surface area contributed by atoms with Crippen LogP contribution in [0.3, 0.4) is 0 Å². The van der Waals surface area contributed by atoms with E-state index in [-0.39, 0.29) is 16.3 Å². The molecule has 0 unspecified atom stereocenters. The molecule has 4 nitrogen and oxygen atoms in total. The van der Waals surface area contributed by atoms with Gasteiger partial charge < -0.3 is 10.1 Å². The van der Waals surface area contributed by atoms with Crippen molar-refractivity contribution in [2.75, 3.05) is 0 Å². The van der Waals surface area contributed by atoms with Gasteiger partial charge in [-0.25, -0.2) is 4.79 Å². The van der Waals surface area contributed by atoms with Gasteiger partial charge in [0.25, 0.3) is 0 Å². The highest BCUT2D eigenvalue weighted by molar-refractivity contribution is 6.42. The van der Waals surface area contributed by atoms with Gasteiger partial charge in [-0.15, -0.1) is 0 Å². The first-order valence-corrected chi connectivity index (χ1v) is 5.66. The molecule has 1 aromatic carbocycles. The second-order valence-corrected chi connectivity index (χ2v) is 4.34. The van der Waals surface area contributed by atoms with Crippen LogP contribution in [0.2, 0.25) is 10.0 Å². The van der Waals surface area contributed by atoms with Crippen LogP contribution < -0.4 is 5.43 Å². The molecular weight excluding hydrogens is 277 g/mol. The van der Waals surface area contributed by atoms with Crippen molar-refractivity contribution in [3.05, 3.63) is 56.3 Å². The number of aromatic carboxylic acids is 1. The van der Waals surface area contributed by atoms with Crippen molar-refractivity contribution in [1.82, 2.24) is 4.98 Å². The highest BCUT2D eigenvalue weighted by atomic mass is 35.5. The van der Waals surface area contributed by atoms with E-state index >= 15 is 0 Å². The first-order valence-electron chi connectivity index (χ1n) is 4.91. The molecule has 0 radical (unpaired) electrons. The Balaban J connectivity index is 2.71. The maximum Gasteiger partial charge on any atom is 0.341 e. The Bertz CT molecular complexity index is 679. The number of rotatable bonds is 2. The zero-order chi connectivity index (χ0) is 13.3. The lowest BCUT2D eigenvalue weighted by Crippen LogP contribution is -2.16. The van der Waals surface area contributed by atoms with Crippen molar-refractivity contribution in [2.45, 2.75) is 0 Å². The van der Waals surface area contributed by atoms with Crippen molar-refractivity contribution in [3.63, 3.8) is 0 Å². The van der Waals surface area contributed by atoms with Crippen LogP contribution in [0.5, 0.6) is 0 Å². The van der Waals surface area contributed by atoms with Gasteiger partial charge in [-0.05, 0) is 12.1 Å². The molecule has 1 aromatic heterocycles. The van der Waals surface area contributed by atoms with Crippen molar-refractivity contribution < 1.29 is 9.90 Å². The molecule has 0 aliphatic heterocycles. The standard InChI is InChI=1S/C12H7Cl2NO3/c13-7-2-1-6(5-8(7)14)11-10(12(17)18)9(16)3-4-15-11/h1-5H,(H,15,16)(H,17,18). The number of halogens is 2. The van der Waals surface area contributed by atoms with Gasteiger partial charge in [0, 0.05) is 17.8 Å². The van der Waals surface area contributed by atoms with Crippen LogP contribution in [0.1, 0.15) is 10.4 Å². The van der Waals surface area contributed by atoms with Gasteiger partial charge in [0.2, 0.25) is 0 Å². The molecule has 6 heteroatoms. The number of hydrogen-bond acceptors (Lipinski definition) is 2. The topological polar surface area (TPSA) is 70.2 Å². The van der Waals surface area contributed by atoms with Crippen molar-refractivity contribution in [3.8, 4) is 11.3 Å². The number of aromatic amines is 1. The molecule has 2 aromatic rings. The molecule has 2 rings (SSSR count). The molecule has 0 bridgehead atoms. The summed E-state index contributed by atoms with van der Waals surface area (Å²) in [5, 5.41) is 9.70. The first kappa shape index (κ1) is 12.7. The summed E-state index contributed by atoms with van der Waals surface area (Å²) in [7, 11) is 0. The lowest BCUT2D eigenvalue weighted by molar-refractivity contribution is 0.0696. The van der Waals surface area contributed by atoms with E-state index in [1.807, 2.05) is 0 Å². The largest absolute Gasteiger partial charge is 0.477 e. The van der Waals surface area contributed by atoms with Crippen LogP contribution in [-0.2, 0) is 0 Å². The number of pyridine rings is 1. The summed E-state index contributed by atoms with van der Waals surface area (Å²) >= 11 is 11.6. The van der Waals surface area contributed by atoms with Gasteiger partial charge in [-0.1, -0.05) is 29.3 Å². The fraction of sp³-hybridized carbons (Fsp3) is 0. The Kier molecular flexibility index (Phi) is 3.41. The number of carbonyl (C=O) groups is 1. The summed E-state index contributed by atoms with van der Waals surface area (Å²) < 4.78 is 0. The average molecular weight is 284 g/mol. The van der Waals surface area contributed by atoms with Crippen LogP contribution in [0.25, 0.3) is 11.3 Å². The van der Waals surface area contributed by atoms with Crippen LogP contribution in [0.4, 0.5) is 0 Å². The van der Waals surface area contributed by atoms with Gasteiger partial charge in [-0.3, -0.25) is 4.79 Å². The van der Waals surface area contributed by atoms with Crippen LogP contribution in [0, 0.1) is 0 Å². The summed E-state index contributed by atoms with van der Waals surface area (Å²) in [6.45, 7) is 0. The minimum Gasteiger partial charge on any atom is -0.477 e. The number of carboxylic acids is 1. The second-order valence-electron chi connectivity index (χ2n) is 3.53. The zero-order valence-corrected chi connectivity index (χ0v) is 10.4.